The normalized spacial score (nSPS) is 21.9. The molecule has 1 aliphatic heterocycles. The van der Waals surface area contributed by atoms with E-state index in [-0.39, 0.29) is 17.7 Å². The van der Waals surface area contributed by atoms with Crippen LogP contribution in [0.4, 0.5) is 0 Å². The minimum Gasteiger partial charge on any atom is -0.353 e. The zero-order chi connectivity index (χ0) is 17.9. The zero-order valence-corrected chi connectivity index (χ0v) is 15.7. The van der Waals surface area contributed by atoms with Crippen LogP contribution in [0.1, 0.15) is 42.7 Å². The number of piperidine rings is 1. The minimum atomic E-state index is -2.91. The van der Waals surface area contributed by atoms with E-state index in [0.717, 1.165) is 38.8 Å². The molecule has 25 heavy (non-hydrogen) atoms. The van der Waals surface area contributed by atoms with Crippen molar-refractivity contribution >= 4 is 15.7 Å². The van der Waals surface area contributed by atoms with Gasteiger partial charge in [-0.2, -0.15) is 0 Å². The first-order valence-corrected chi connectivity index (χ1v) is 11.2. The molecule has 0 unspecified atom stereocenters. The first-order chi connectivity index (χ1) is 11.9. The molecule has 1 N–H and O–H groups in total. The van der Waals surface area contributed by atoms with Crippen molar-refractivity contribution in [3.63, 3.8) is 0 Å². The molecule has 0 radical (unpaired) electrons. The maximum Gasteiger partial charge on any atom is 0.220 e. The van der Waals surface area contributed by atoms with Gasteiger partial charge in [-0.15, -0.1) is 0 Å². The van der Waals surface area contributed by atoms with Crippen molar-refractivity contribution in [1.82, 2.24) is 10.2 Å². The Bertz CT molecular complexity index is 709. The molecule has 1 heterocycles. The summed E-state index contributed by atoms with van der Waals surface area (Å²) in [6.07, 6.45) is 5.80. The Morgan fingerprint density at radius 3 is 2.64 bits per heavy atom. The number of nitrogens with one attached hydrogen (secondary N) is 1. The lowest BCUT2D eigenvalue weighted by Gasteiger charge is -2.32. The van der Waals surface area contributed by atoms with Gasteiger partial charge in [-0.25, -0.2) is 8.42 Å². The third-order valence-corrected chi connectivity index (χ3v) is 6.34. The Hall–Kier alpha value is -1.40. The molecule has 1 saturated heterocycles. The monoisotopic (exact) mass is 364 g/mol. The maximum absolute atomic E-state index is 12.4. The summed E-state index contributed by atoms with van der Waals surface area (Å²) in [7, 11) is -2.91. The van der Waals surface area contributed by atoms with Gasteiger partial charge in [0.1, 0.15) is 9.84 Å². The van der Waals surface area contributed by atoms with E-state index in [1.54, 1.807) is 0 Å². The van der Waals surface area contributed by atoms with Crippen LogP contribution >= 0.6 is 0 Å². The number of benzene rings is 1. The van der Waals surface area contributed by atoms with E-state index in [1.165, 1.54) is 17.4 Å². The molecule has 0 saturated carbocycles. The summed E-state index contributed by atoms with van der Waals surface area (Å²) in [6, 6.07) is 8.67. The Morgan fingerprint density at radius 1 is 1.20 bits per heavy atom. The van der Waals surface area contributed by atoms with Gasteiger partial charge in [0.15, 0.2) is 0 Å². The van der Waals surface area contributed by atoms with Crippen LogP contribution in [0.5, 0.6) is 0 Å². The van der Waals surface area contributed by atoms with E-state index in [0.29, 0.717) is 18.9 Å². The highest BCUT2D eigenvalue weighted by atomic mass is 32.2. The number of likely N-dealkylation sites (tertiary alicyclic amines) is 1. The maximum atomic E-state index is 12.4. The van der Waals surface area contributed by atoms with Crippen LogP contribution in [-0.2, 0) is 21.1 Å². The highest BCUT2D eigenvalue weighted by Gasteiger charge is 2.26. The molecule has 6 heteroatoms. The molecule has 138 valence electrons. The predicted octanol–water partition coefficient (Wildman–Crippen LogP) is 1.73. The second kappa shape index (κ2) is 7.87. The highest BCUT2D eigenvalue weighted by Crippen LogP contribution is 2.35. The van der Waals surface area contributed by atoms with E-state index in [9.17, 15) is 13.2 Å². The van der Waals surface area contributed by atoms with Gasteiger partial charge in [0.05, 0.1) is 5.75 Å². The lowest BCUT2D eigenvalue weighted by Crippen LogP contribution is -2.45. The van der Waals surface area contributed by atoms with Crippen molar-refractivity contribution in [3.8, 4) is 0 Å². The molecule has 1 fully saturated rings. The van der Waals surface area contributed by atoms with Crippen molar-refractivity contribution in [3.05, 3.63) is 35.4 Å². The number of carbonyl (C=O) groups excluding carboxylic acids is 1. The van der Waals surface area contributed by atoms with Gasteiger partial charge in [0.2, 0.25) is 5.91 Å². The van der Waals surface area contributed by atoms with Gasteiger partial charge in [-0.3, -0.25) is 4.79 Å². The molecular weight excluding hydrogens is 336 g/mol. The number of hydrogen-bond donors (Lipinski definition) is 1. The molecule has 1 aromatic carbocycles. The van der Waals surface area contributed by atoms with E-state index in [4.69, 9.17) is 0 Å². The second-order valence-corrected chi connectivity index (χ2v) is 9.71. The molecule has 3 rings (SSSR count). The van der Waals surface area contributed by atoms with E-state index >= 15 is 0 Å². The number of carbonyl (C=O) groups is 1. The third kappa shape index (κ3) is 5.28. The van der Waals surface area contributed by atoms with Gasteiger partial charge in [-0.1, -0.05) is 24.3 Å². The standard InChI is InChI=1S/C19H28N2O3S/c1-25(23,24)13-12-21-10-8-17(9-11-21)20-19(22)14-16-7-6-15-4-2-3-5-18(15)16/h2-5,16-17H,6-14H2,1H3,(H,20,22)/t16-/m1/s1. The Balaban J connectivity index is 1.41. The van der Waals surface area contributed by atoms with Crippen molar-refractivity contribution < 1.29 is 13.2 Å². The summed E-state index contributed by atoms with van der Waals surface area (Å²) >= 11 is 0. The van der Waals surface area contributed by atoms with Crippen molar-refractivity contribution in [2.24, 2.45) is 0 Å². The number of nitrogens with zero attached hydrogens (tertiary/aromatic N) is 1. The summed E-state index contributed by atoms with van der Waals surface area (Å²) in [5.41, 5.74) is 2.73. The van der Waals surface area contributed by atoms with Crippen molar-refractivity contribution in [2.75, 3.05) is 31.6 Å². The van der Waals surface area contributed by atoms with E-state index < -0.39 is 9.84 Å². The number of rotatable bonds is 6. The Kier molecular flexibility index (Phi) is 5.79. The molecule has 5 nitrogen and oxygen atoms in total. The largest absolute Gasteiger partial charge is 0.353 e. The van der Waals surface area contributed by atoms with E-state index in [1.807, 2.05) is 0 Å². The fourth-order valence-corrected chi connectivity index (χ4v) is 4.55. The fraction of sp³-hybridized carbons (Fsp3) is 0.632. The number of hydrogen-bond acceptors (Lipinski definition) is 4. The minimum absolute atomic E-state index is 0.149. The molecule has 0 aromatic heterocycles. The van der Waals surface area contributed by atoms with Crippen LogP contribution in [0.2, 0.25) is 0 Å². The number of amides is 1. The first kappa shape index (κ1) is 18.4. The van der Waals surface area contributed by atoms with Crippen molar-refractivity contribution in [2.45, 2.75) is 44.1 Å². The lowest BCUT2D eigenvalue weighted by atomic mass is 9.97. The molecule has 0 bridgehead atoms. The molecule has 1 amide bonds. The van der Waals surface area contributed by atoms with Gasteiger partial charge < -0.3 is 10.2 Å². The molecule has 1 atom stereocenters. The van der Waals surface area contributed by atoms with Gasteiger partial charge in [-0.05, 0) is 42.7 Å². The Labute approximate surface area is 150 Å². The predicted molar refractivity (Wildman–Crippen MR) is 99.4 cm³/mol. The Morgan fingerprint density at radius 2 is 1.92 bits per heavy atom. The average Bonchev–Trinajstić information content (AvgIpc) is 2.97. The van der Waals surface area contributed by atoms with Crippen LogP contribution in [0, 0.1) is 0 Å². The van der Waals surface area contributed by atoms with Crippen molar-refractivity contribution in [1.29, 1.82) is 0 Å². The zero-order valence-electron chi connectivity index (χ0n) is 14.9. The lowest BCUT2D eigenvalue weighted by molar-refractivity contribution is -0.122. The quantitative estimate of drug-likeness (QED) is 0.835. The molecule has 2 aliphatic rings. The number of aryl methyl sites for hydroxylation is 1. The van der Waals surface area contributed by atoms with Crippen LogP contribution < -0.4 is 5.32 Å². The number of fused-ring (bicyclic) bond motifs is 1. The third-order valence-electron chi connectivity index (χ3n) is 5.42. The fourth-order valence-electron chi connectivity index (χ4n) is 3.96. The smallest absolute Gasteiger partial charge is 0.220 e. The average molecular weight is 365 g/mol. The molecular formula is C19H28N2O3S. The first-order valence-electron chi connectivity index (χ1n) is 9.18. The topological polar surface area (TPSA) is 66.5 Å². The summed E-state index contributed by atoms with van der Waals surface area (Å²) in [5, 5.41) is 3.19. The molecule has 0 spiro atoms. The van der Waals surface area contributed by atoms with E-state index in [2.05, 4.69) is 34.5 Å². The van der Waals surface area contributed by atoms with Crippen LogP contribution in [0.3, 0.4) is 0 Å². The molecule has 1 aliphatic carbocycles. The summed E-state index contributed by atoms with van der Waals surface area (Å²) in [5.74, 6) is 0.716. The van der Waals surface area contributed by atoms with Gasteiger partial charge in [0.25, 0.3) is 0 Å². The van der Waals surface area contributed by atoms with Crippen LogP contribution in [-0.4, -0.2) is 56.9 Å². The van der Waals surface area contributed by atoms with Crippen LogP contribution in [0.25, 0.3) is 0 Å². The van der Waals surface area contributed by atoms with Gasteiger partial charge in [0, 0.05) is 38.4 Å². The highest BCUT2D eigenvalue weighted by molar-refractivity contribution is 7.90. The number of sulfone groups is 1. The van der Waals surface area contributed by atoms with Crippen LogP contribution in [0.15, 0.2) is 24.3 Å². The summed E-state index contributed by atoms with van der Waals surface area (Å²) in [6.45, 7) is 2.30. The summed E-state index contributed by atoms with van der Waals surface area (Å²) < 4.78 is 22.5. The summed E-state index contributed by atoms with van der Waals surface area (Å²) in [4.78, 5) is 14.6. The van der Waals surface area contributed by atoms with Gasteiger partial charge >= 0.3 is 0 Å². The SMILES string of the molecule is CS(=O)(=O)CCN1CCC(NC(=O)C[C@H]2CCc3ccccc32)CC1. The second-order valence-electron chi connectivity index (χ2n) is 7.45. The molecule has 1 aromatic rings.